The van der Waals surface area contributed by atoms with Crippen molar-refractivity contribution in [3.05, 3.63) is 48.5 Å². The number of hydrogen-bond acceptors (Lipinski definition) is 2. The van der Waals surface area contributed by atoms with E-state index in [0.29, 0.717) is 0 Å². The Labute approximate surface area is 117 Å². The van der Waals surface area contributed by atoms with E-state index in [1.54, 1.807) is 0 Å². The smallest absolute Gasteiger partial charge is 0.221 e. The molecule has 2 N–H and O–H groups in total. The Morgan fingerprint density at radius 2 is 1.40 bits per heavy atom. The van der Waals surface area contributed by atoms with Crippen molar-refractivity contribution in [3.63, 3.8) is 0 Å². The fourth-order valence-electron chi connectivity index (χ4n) is 1.97. The molecular weight excluding hydrogens is 252 g/mol. The highest BCUT2D eigenvalue weighted by molar-refractivity contribution is 5.94. The number of hydrogen-bond donors (Lipinski definition) is 2. The lowest BCUT2D eigenvalue weighted by molar-refractivity contribution is -0.115. The molecule has 2 rings (SSSR count). The van der Waals surface area contributed by atoms with E-state index < -0.39 is 0 Å². The molecule has 2 aromatic rings. The Hall–Kier alpha value is -2.62. The molecule has 0 radical (unpaired) electrons. The maximum Gasteiger partial charge on any atom is 0.221 e. The molecule has 0 atom stereocenters. The van der Waals surface area contributed by atoms with Crippen molar-refractivity contribution in [2.24, 2.45) is 0 Å². The molecule has 0 unspecified atom stereocenters. The van der Waals surface area contributed by atoms with Crippen LogP contribution in [0.5, 0.6) is 0 Å². The van der Waals surface area contributed by atoms with Crippen molar-refractivity contribution >= 4 is 23.2 Å². The predicted octanol–water partition coefficient (Wildman–Crippen LogP) is 3.27. The van der Waals surface area contributed by atoms with Gasteiger partial charge < -0.3 is 10.6 Å². The Morgan fingerprint density at radius 3 is 2.00 bits per heavy atom. The van der Waals surface area contributed by atoms with Gasteiger partial charge >= 0.3 is 0 Å². The first-order valence-corrected chi connectivity index (χ1v) is 6.31. The van der Waals surface area contributed by atoms with Crippen LogP contribution in [0.2, 0.25) is 0 Å². The summed E-state index contributed by atoms with van der Waals surface area (Å²) in [6.07, 6.45) is 0. The lowest BCUT2D eigenvalue weighted by Crippen LogP contribution is -2.07. The third kappa shape index (κ3) is 3.45. The summed E-state index contributed by atoms with van der Waals surface area (Å²) < 4.78 is 0. The first kappa shape index (κ1) is 13.8. The largest absolute Gasteiger partial charge is 0.326 e. The predicted molar refractivity (Wildman–Crippen MR) is 80.5 cm³/mol. The molecule has 0 fully saturated rings. The van der Waals surface area contributed by atoms with E-state index in [-0.39, 0.29) is 11.8 Å². The third-order valence-electron chi connectivity index (χ3n) is 2.75. The fourth-order valence-corrected chi connectivity index (χ4v) is 1.97. The molecule has 4 nitrogen and oxygen atoms in total. The number of carbonyl (C=O) groups is 2. The van der Waals surface area contributed by atoms with Crippen LogP contribution >= 0.6 is 0 Å². The molecule has 0 spiro atoms. The Bertz CT molecular complexity index is 633. The second-order valence-electron chi connectivity index (χ2n) is 4.49. The van der Waals surface area contributed by atoms with Crippen LogP contribution in [0.4, 0.5) is 11.4 Å². The van der Waals surface area contributed by atoms with Crippen LogP contribution in [0, 0.1) is 0 Å². The summed E-state index contributed by atoms with van der Waals surface area (Å²) in [7, 11) is 0. The minimum Gasteiger partial charge on any atom is -0.326 e. The number of nitrogens with one attached hydrogen (secondary N) is 2. The van der Waals surface area contributed by atoms with Gasteiger partial charge in [-0.25, -0.2) is 0 Å². The van der Waals surface area contributed by atoms with Gasteiger partial charge in [-0.1, -0.05) is 30.3 Å². The summed E-state index contributed by atoms with van der Waals surface area (Å²) in [5.41, 5.74) is 3.44. The van der Waals surface area contributed by atoms with Crippen molar-refractivity contribution in [1.82, 2.24) is 0 Å². The molecule has 0 saturated heterocycles. The summed E-state index contributed by atoms with van der Waals surface area (Å²) in [6, 6.07) is 15.1. The van der Waals surface area contributed by atoms with Crippen LogP contribution in [0.25, 0.3) is 11.1 Å². The standard InChI is InChI=1S/C16H16N2O2/c1-11(19)17-14-9-7-13(8-10-14)15-5-3-4-6-16(15)18-12(2)20/h3-10H,1-2H3,(H,17,19)(H,18,20). The number of benzene rings is 2. The SMILES string of the molecule is CC(=O)Nc1ccc(-c2ccccc2NC(C)=O)cc1. The first-order valence-electron chi connectivity index (χ1n) is 6.31. The van der Waals surface area contributed by atoms with Crippen molar-refractivity contribution in [1.29, 1.82) is 0 Å². The summed E-state index contributed by atoms with van der Waals surface area (Å²) in [4.78, 5) is 22.2. The average Bonchev–Trinajstić information content (AvgIpc) is 2.39. The average molecular weight is 268 g/mol. The molecular formula is C16H16N2O2. The molecule has 0 aliphatic carbocycles. The van der Waals surface area contributed by atoms with Crippen LogP contribution in [0.3, 0.4) is 0 Å². The topological polar surface area (TPSA) is 58.2 Å². The van der Waals surface area contributed by atoms with Crippen LogP contribution in [0.1, 0.15) is 13.8 Å². The van der Waals surface area contributed by atoms with Gasteiger partial charge in [0.1, 0.15) is 0 Å². The molecule has 0 heterocycles. The van der Waals surface area contributed by atoms with Crippen LogP contribution in [0.15, 0.2) is 48.5 Å². The monoisotopic (exact) mass is 268 g/mol. The zero-order chi connectivity index (χ0) is 14.5. The second-order valence-corrected chi connectivity index (χ2v) is 4.49. The maximum absolute atomic E-state index is 11.2. The van der Waals surface area contributed by atoms with Gasteiger partial charge in [-0.15, -0.1) is 0 Å². The number of amides is 2. The van der Waals surface area contributed by atoms with Gasteiger partial charge in [-0.2, -0.15) is 0 Å². The van der Waals surface area contributed by atoms with Gasteiger partial charge in [0.2, 0.25) is 11.8 Å². The highest BCUT2D eigenvalue weighted by Crippen LogP contribution is 2.28. The van der Waals surface area contributed by atoms with E-state index in [9.17, 15) is 9.59 Å². The lowest BCUT2D eigenvalue weighted by Gasteiger charge is -2.10. The zero-order valence-electron chi connectivity index (χ0n) is 11.4. The van der Waals surface area contributed by atoms with Gasteiger partial charge in [-0.3, -0.25) is 9.59 Å². The van der Waals surface area contributed by atoms with Crippen LogP contribution < -0.4 is 10.6 Å². The molecule has 0 aliphatic heterocycles. The summed E-state index contributed by atoms with van der Waals surface area (Å²) in [5.74, 6) is -0.205. The molecule has 0 aromatic heterocycles. The van der Waals surface area contributed by atoms with Crippen molar-refractivity contribution in [3.8, 4) is 11.1 Å². The molecule has 0 saturated carbocycles. The Morgan fingerprint density at radius 1 is 0.800 bits per heavy atom. The maximum atomic E-state index is 11.2. The normalized spacial score (nSPS) is 9.90. The minimum atomic E-state index is -0.104. The van der Waals surface area contributed by atoms with E-state index >= 15 is 0 Å². The Kier molecular flexibility index (Phi) is 4.15. The molecule has 20 heavy (non-hydrogen) atoms. The van der Waals surface area contributed by atoms with Gasteiger partial charge in [0.15, 0.2) is 0 Å². The van der Waals surface area contributed by atoms with Crippen molar-refractivity contribution in [2.75, 3.05) is 10.6 Å². The Balaban J connectivity index is 2.31. The number of rotatable bonds is 3. The summed E-state index contributed by atoms with van der Waals surface area (Å²) in [5, 5.41) is 5.53. The number of anilines is 2. The van der Waals surface area contributed by atoms with E-state index in [1.165, 1.54) is 13.8 Å². The van der Waals surface area contributed by atoms with Gasteiger partial charge in [0, 0.05) is 30.8 Å². The highest BCUT2D eigenvalue weighted by Gasteiger charge is 2.06. The molecule has 102 valence electrons. The fraction of sp³-hybridized carbons (Fsp3) is 0.125. The highest BCUT2D eigenvalue weighted by atomic mass is 16.2. The number of para-hydroxylation sites is 1. The van der Waals surface area contributed by atoms with Gasteiger partial charge in [0.05, 0.1) is 0 Å². The summed E-state index contributed by atoms with van der Waals surface area (Å²) >= 11 is 0. The summed E-state index contributed by atoms with van der Waals surface area (Å²) in [6.45, 7) is 2.96. The van der Waals surface area contributed by atoms with E-state index in [1.807, 2.05) is 48.5 Å². The van der Waals surface area contributed by atoms with E-state index in [2.05, 4.69) is 10.6 Å². The van der Waals surface area contributed by atoms with Crippen molar-refractivity contribution < 1.29 is 9.59 Å². The van der Waals surface area contributed by atoms with Crippen molar-refractivity contribution in [2.45, 2.75) is 13.8 Å². The minimum absolute atomic E-state index is 0.101. The molecule has 2 amide bonds. The molecule has 4 heteroatoms. The van der Waals surface area contributed by atoms with Gasteiger partial charge in [0.25, 0.3) is 0 Å². The first-order chi connectivity index (χ1) is 9.56. The van der Waals surface area contributed by atoms with E-state index in [4.69, 9.17) is 0 Å². The lowest BCUT2D eigenvalue weighted by atomic mass is 10.0. The van der Waals surface area contributed by atoms with Crippen LogP contribution in [-0.2, 0) is 9.59 Å². The third-order valence-corrected chi connectivity index (χ3v) is 2.75. The zero-order valence-corrected chi connectivity index (χ0v) is 11.4. The van der Waals surface area contributed by atoms with E-state index in [0.717, 1.165) is 22.5 Å². The molecule has 0 bridgehead atoms. The van der Waals surface area contributed by atoms with Gasteiger partial charge in [-0.05, 0) is 23.8 Å². The van der Waals surface area contributed by atoms with Crippen LogP contribution in [-0.4, -0.2) is 11.8 Å². The second kappa shape index (κ2) is 6.02. The molecule has 2 aromatic carbocycles. The number of carbonyl (C=O) groups excluding carboxylic acids is 2. The molecule has 0 aliphatic rings. The quantitative estimate of drug-likeness (QED) is 0.897.